The number of rotatable bonds is 2. The van der Waals surface area contributed by atoms with Gasteiger partial charge in [0.15, 0.2) is 11.5 Å². The fourth-order valence-electron chi connectivity index (χ4n) is 1.99. The predicted octanol–water partition coefficient (Wildman–Crippen LogP) is 4.61. The standard InChI is InChI=1S/C13H7Cl3FN3/c14-6-11-19-10-2-1-3-18-13(10)20(11)7-4-8(15)12(17)9(16)5-7/h1-5H,6H2. The Morgan fingerprint density at radius 1 is 1.20 bits per heavy atom. The van der Waals surface area contributed by atoms with Crippen LogP contribution in [0.3, 0.4) is 0 Å². The summed E-state index contributed by atoms with van der Waals surface area (Å²) < 4.78 is 15.2. The number of hydrogen-bond acceptors (Lipinski definition) is 2. The highest BCUT2D eigenvalue weighted by atomic mass is 35.5. The van der Waals surface area contributed by atoms with Gasteiger partial charge in [-0.15, -0.1) is 11.6 Å². The summed E-state index contributed by atoms with van der Waals surface area (Å²) in [4.78, 5) is 8.65. The van der Waals surface area contributed by atoms with Crippen LogP contribution in [0.4, 0.5) is 4.39 Å². The van der Waals surface area contributed by atoms with Crippen LogP contribution in [-0.2, 0) is 5.88 Å². The van der Waals surface area contributed by atoms with Gasteiger partial charge < -0.3 is 0 Å². The Morgan fingerprint density at radius 2 is 1.90 bits per heavy atom. The fourth-order valence-corrected chi connectivity index (χ4v) is 2.65. The van der Waals surface area contributed by atoms with Crippen LogP contribution in [0.15, 0.2) is 30.5 Å². The third-order valence-electron chi connectivity index (χ3n) is 2.83. The zero-order chi connectivity index (χ0) is 14.3. The van der Waals surface area contributed by atoms with Gasteiger partial charge in [-0.2, -0.15) is 0 Å². The van der Waals surface area contributed by atoms with Gasteiger partial charge in [0.1, 0.15) is 11.3 Å². The van der Waals surface area contributed by atoms with Crippen LogP contribution in [0.25, 0.3) is 16.9 Å². The lowest BCUT2D eigenvalue weighted by Gasteiger charge is -2.09. The van der Waals surface area contributed by atoms with E-state index in [0.717, 1.165) is 0 Å². The third-order valence-corrected chi connectivity index (χ3v) is 3.62. The molecule has 2 heterocycles. The van der Waals surface area contributed by atoms with E-state index in [2.05, 4.69) is 9.97 Å². The number of hydrogen-bond donors (Lipinski definition) is 0. The smallest absolute Gasteiger partial charge is 0.164 e. The van der Waals surface area contributed by atoms with Gasteiger partial charge >= 0.3 is 0 Å². The highest BCUT2D eigenvalue weighted by Crippen LogP contribution is 2.29. The molecule has 0 unspecified atom stereocenters. The van der Waals surface area contributed by atoms with Gasteiger partial charge in [0.2, 0.25) is 0 Å². The van der Waals surface area contributed by atoms with Gasteiger partial charge in [-0.05, 0) is 24.3 Å². The highest BCUT2D eigenvalue weighted by Gasteiger charge is 2.15. The molecule has 0 fully saturated rings. The molecule has 1 aromatic carbocycles. The van der Waals surface area contributed by atoms with Crippen LogP contribution in [0.1, 0.15) is 5.82 Å². The average molecular weight is 331 g/mol. The van der Waals surface area contributed by atoms with Crippen molar-refractivity contribution in [3.63, 3.8) is 0 Å². The van der Waals surface area contributed by atoms with E-state index in [0.29, 0.717) is 22.7 Å². The zero-order valence-corrected chi connectivity index (χ0v) is 12.2. The normalized spacial score (nSPS) is 11.2. The summed E-state index contributed by atoms with van der Waals surface area (Å²) in [5.41, 5.74) is 1.87. The Morgan fingerprint density at radius 3 is 2.55 bits per heavy atom. The summed E-state index contributed by atoms with van der Waals surface area (Å²) in [6, 6.07) is 6.53. The van der Waals surface area contributed by atoms with Crippen molar-refractivity contribution >= 4 is 46.0 Å². The number of aromatic nitrogens is 3. The first kappa shape index (κ1) is 13.6. The quantitative estimate of drug-likeness (QED) is 0.507. The lowest BCUT2D eigenvalue weighted by atomic mass is 10.3. The van der Waals surface area contributed by atoms with E-state index >= 15 is 0 Å². The average Bonchev–Trinajstić information content (AvgIpc) is 2.82. The van der Waals surface area contributed by atoms with Crippen molar-refractivity contribution in [1.82, 2.24) is 14.5 Å². The minimum absolute atomic E-state index is 0.0641. The molecule has 0 amide bonds. The van der Waals surface area contributed by atoms with E-state index in [9.17, 15) is 4.39 Å². The Kier molecular flexibility index (Phi) is 3.54. The number of fused-ring (bicyclic) bond motifs is 1. The Labute approximate surface area is 128 Å². The largest absolute Gasteiger partial charge is 0.280 e. The Hall–Kier alpha value is -1.36. The Balaban J connectivity index is 2.33. The zero-order valence-electron chi connectivity index (χ0n) is 9.95. The number of benzene rings is 1. The second-order valence-electron chi connectivity index (χ2n) is 4.07. The van der Waals surface area contributed by atoms with Crippen LogP contribution < -0.4 is 0 Å². The second kappa shape index (κ2) is 5.20. The molecule has 7 heteroatoms. The maximum atomic E-state index is 13.5. The molecule has 0 aliphatic carbocycles. The van der Waals surface area contributed by atoms with Crippen LogP contribution in [0.2, 0.25) is 10.0 Å². The molecule has 102 valence electrons. The second-order valence-corrected chi connectivity index (χ2v) is 5.15. The summed E-state index contributed by atoms with van der Waals surface area (Å²) in [6.07, 6.45) is 1.64. The van der Waals surface area contributed by atoms with E-state index in [-0.39, 0.29) is 15.9 Å². The molecule has 3 aromatic rings. The van der Waals surface area contributed by atoms with E-state index in [1.165, 1.54) is 12.1 Å². The summed E-state index contributed by atoms with van der Waals surface area (Å²) in [5, 5.41) is -0.128. The molecule has 0 aliphatic rings. The molecule has 0 bridgehead atoms. The van der Waals surface area contributed by atoms with Gasteiger partial charge in [-0.25, -0.2) is 14.4 Å². The van der Waals surface area contributed by atoms with Gasteiger partial charge in [-0.3, -0.25) is 4.57 Å². The molecule has 0 radical (unpaired) electrons. The first-order chi connectivity index (χ1) is 9.61. The fraction of sp³-hybridized carbons (Fsp3) is 0.0769. The third kappa shape index (κ3) is 2.14. The van der Waals surface area contributed by atoms with Gasteiger partial charge in [0.05, 0.1) is 21.6 Å². The SMILES string of the molecule is Fc1c(Cl)cc(-n2c(CCl)nc3cccnc32)cc1Cl. The van der Waals surface area contributed by atoms with Crippen molar-refractivity contribution in [3.8, 4) is 5.69 Å². The summed E-state index contributed by atoms with van der Waals surface area (Å²) in [6.45, 7) is 0. The minimum Gasteiger partial charge on any atom is -0.280 e. The molecule has 0 aliphatic heterocycles. The van der Waals surface area contributed by atoms with Crippen molar-refractivity contribution < 1.29 is 4.39 Å². The van der Waals surface area contributed by atoms with Crippen molar-refractivity contribution in [2.24, 2.45) is 0 Å². The predicted molar refractivity (Wildman–Crippen MR) is 78.4 cm³/mol. The summed E-state index contributed by atoms with van der Waals surface area (Å²) in [5.74, 6) is 0.115. The van der Waals surface area contributed by atoms with Gasteiger partial charge in [-0.1, -0.05) is 23.2 Å². The maximum absolute atomic E-state index is 13.5. The van der Waals surface area contributed by atoms with Gasteiger partial charge in [0.25, 0.3) is 0 Å². The van der Waals surface area contributed by atoms with E-state index in [1.54, 1.807) is 16.8 Å². The van der Waals surface area contributed by atoms with Crippen LogP contribution >= 0.6 is 34.8 Å². The maximum Gasteiger partial charge on any atom is 0.164 e. The molecule has 0 atom stereocenters. The first-order valence-corrected chi connectivity index (χ1v) is 6.94. The number of alkyl halides is 1. The van der Waals surface area contributed by atoms with E-state index < -0.39 is 5.82 Å². The lowest BCUT2D eigenvalue weighted by molar-refractivity contribution is 0.628. The molecular weight excluding hydrogens is 324 g/mol. The van der Waals surface area contributed by atoms with Crippen molar-refractivity contribution in [2.45, 2.75) is 5.88 Å². The molecule has 3 rings (SSSR count). The molecule has 3 nitrogen and oxygen atoms in total. The first-order valence-electron chi connectivity index (χ1n) is 5.65. The van der Waals surface area contributed by atoms with Crippen LogP contribution in [0.5, 0.6) is 0 Å². The van der Waals surface area contributed by atoms with E-state index in [1.807, 2.05) is 6.07 Å². The number of halogens is 4. The molecule has 0 saturated carbocycles. The van der Waals surface area contributed by atoms with Crippen molar-refractivity contribution in [3.05, 3.63) is 52.1 Å². The Bertz CT molecular complexity index is 778. The lowest BCUT2D eigenvalue weighted by Crippen LogP contribution is -2.01. The van der Waals surface area contributed by atoms with Gasteiger partial charge in [0, 0.05) is 6.20 Å². The topological polar surface area (TPSA) is 30.7 Å². The molecule has 0 saturated heterocycles. The number of imidazole rings is 1. The highest BCUT2D eigenvalue weighted by molar-refractivity contribution is 6.35. The molecule has 0 spiro atoms. The van der Waals surface area contributed by atoms with E-state index in [4.69, 9.17) is 34.8 Å². The molecular formula is C13H7Cl3FN3. The summed E-state index contributed by atoms with van der Waals surface area (Å²) in [7, 11) is 0. The van der Waals surface area contributed by atoms with Crippen LogP contribution in [-0.4, -0.2) is 14.5 Å². The van der Waals surface area contributed by atoms with Crippen molar-refractivity contribution in [1.29, 1.82) is 0 Å². The number of pyridine rings is 1. The van der Waals surface area contributed by atoms with Crippen molar-refractivity contribution in [2.75, 3.05) is 0 Å². The number of nitrogens with zero attached hydrogens (tertiary/aromatic N) is 3. The summed E-state index contributed by atoms with van der Waals surface area (Å²) >= 11 is 17.6. The monoisotopic (exact) mass is 329 g/mol. The molecule has 20 heavy (non-hydrogen) atoms. The van der Waals surface area contributed by atoms with Crippen LogP contribution in [0, 0.1) is 5.82 Å². The molecule has 0 N–H and O–H groups in total. The minimum atomic E-state index is -0.651. The molecule has 2 aromatic heterocycles.